The summed E-state index contributed by atoms with van der Waals surface area (Å²) in [5.74, 6) is 0.868. The van der Waals surface area contributed by atoms with E-state index in [9.17, 15) is 0 Å². The van der Waals surface area contributed by atoms with Gasteiger partial charge in [-0.3, -0.25) is 4.90 Å². The van der Waals surface area contributed by atoms with Crippen molar-refractivity contribution in [2.24, 2.45) is 5.92 Å². The molecule has 0 aromatic rings. The maximum Gasteiger partial charge on any atom is 0.0678 e. The Morgan fingerprint density at radius 3 is 2.57 bits per heavy atom. The van der Waals surface area contributed by atoms with Crippen molar-refractivity contribution in [1.82, 2.24) is 10.2 Å². The number of hydrogen-bond acceptors (Lipinski definition) is 3. The van der Waals surface area contributed by atoms with Crippen molar-refractivity contribution in [2.45, 2.75) is 32.5 Å². The zero-order valence-electron chi connectivity index (χ0n) is 9.33. The van der Waals surface area contributed by atoms with E-state index in [1.165, 1.54) is 26.1 Å². The Bertz CT molecular complexity index is 170. The van der Waals surface area contributed by atoms with E-state index in [4.69, 9.17) is 4.74 Å². The van der Waals surface area contributed by atoms with Crippen LogP contribution in [0.3, 0.4) is 0 Å². The fraction of sp³-hybridized carbons (Fsp3) is 1.00. The number of nitrogens with one attached hydrogen (secondary N) is 1. The first-order chi connectivity index (χ1) is 6.74. The second-order valence-corrected chi connectivity index (χ2v) is 4.83. The second-order valence-electron chi connectivity index (χ2n) is 4.83. The third kappa shape index (κ3) is 2.69. The summed E-state index contributed by atoms with van der Waals surface area (Å²) in [4.78, 5) is 2.57. The number of rotatable bonds is 2. The van der Waals surface area contributed by atoms with Crippen LogP contribution < -0.4 is 5.32 Å². The average molecular weight is 198 g/mol. The minimum atomic E-state index is 0.410. The van der Waals surface area contributed by atoms with Gasteiger partial charge in [-0.15, -0.1) is 0 Å². The standard InChI is InChI=1S/C11H22N2O/c1-9-6-13(7-10(2)14-9)8-11-3-4-12-5-11/h9-12H,3-8H2,1-2H3/t9-,10+,11?. The molecule has 2 fully saturated rings. The van der Waals surface area contributed by atoms with Gasteiger partial charge in [0.15, 0.2) is 0 Å². The number of hydrogen-bond donors (Lipinski definition) is 1. The number of nitrogens with zero attached hydrogens (tertiary/aromatic N) is 1. The molecule has 0 spiro atoms. The van der Waals surface area contributed by atoms with Crippen LogP contribution in [-0.2, 0) is 4.74 Å². The molecule has 2 heterocycles. The maximum absolute atomic E-state index is 5.72. The lowest BCUT2D eigenvalue weighted by atomic mass is 10.1. The molecule has 0 aliphatic carbocycles. The molecule has 0 aromatic carbocycles. The molecule has 0 radical (unpaired) electrons. The zero-order valence-corrected chi connectivity index (χ0v) is 9.33. The summed E-state index contributed by atoms with van der Waals surface area (Å²) in [5.41, 5.74) is 0. The molecule has 3 nitrogen and oxygen atoms in total. The summed E-state index contributed by atoms with van der Waals surface area (Å²) in [6, 6.07) is 0. The quantitative estimate of drug-likeness (QED) is 0.707. The molecule has 14 heavy (non-hydrogen) atoms. The first kappa shape index (κ1) is 10.4. The molecule has 1 N–H and O–H groups in total. The van der Waals surface area contributed by atoms with Crippen molar-refractivity contribution in [2.75, 3.05) is 32.7 Å². The van der Waals surface area contributed by atoms with Gasteiger partial charge in [-0.1, -0.05) is 0 Å². The fourth-order valence-electron chi connectivity index (χ4n) is 2.67. The summed E-state index contributed by atoms with van der Waals surface area (Å²) >= 11 is 0. The third-order valence-corrected chi connectivity index (χ3v) is 3.17. The summed E-state index contributed by atoms with van der Waals surface area (Å²) < 4.78 is 5.72. The monoisotopic (exact) mass is 198 g/mol. The minimum absolute atomic E-state index is 0.410. The van der Waals surface area contributed by atoms with Gasteiger partial charge in [0, 0.05) is 19.6 Å². The Kier molecular flexibility index (Phi) is 3.42. The summed E-state index contributed by atoms with van der Waals surface area (Å²) in [5, 5.41) is 3.43. The number of ether oxygens (including phenoxy) is 1. The molecule has 3 atom stereocenters. The van der Waals surface area contributed by atoms with Gasteiger partial charge in [-0.05, 0) is 39.3 Å². The molecule has 0 saturated carbocycles. The molecule has 1 unspecified atom stereocenters. The molecule has 3 heteroatoms. The van der Waals surface area contributed by atoms with E-state index in [1.54, 1.807) is 0 Å². The van der Waals surface area contributed by atoms with Gasteiger partial charge in [0.25, 0.3) is 0 Å². The Balaban J connectivity index is 1.78. The highest BCUT2D eigenvalue weighted by atomic mass is 16.5. The van der Waals surface area contributed by atoms with E-state index in [2.05, 4.69) is 24.1 Å². The molecule has 2 aliphatic heterocycles. The first-order valence-electron chi connectivity index (χ1n) is 5.82. The first-order valence-corrected chi connectivity index (χ1v) is 5.82. The average Bonchev–Trinajstić information content (AvgIpc) is 2.54. The fourth-order valence-corrected chi connectivity index (χ4v) is 2.67. The summed E-state index contributed by atoms with van der Waals surface area (Å²) in [6.07, 6.45) is 2.17. The third-order valence-electron chi connectivity index (χ3n) is 3.17. The van der Waals surface area contributed by atoms with E-state index < -0.39 is 0 Å². The predicted octanol–water partition coefficient (Wildman–Crippen LogP) is 0.705. The van der Waals surface area contributed by atoms with Gasteiger partial charge in [0.1, 0.15) is 0 Å². The Morgan fingerprint density at radius 1 is 1.29 bits per heavy atom. The molecule has 0 aromatic heterocycles. The Labute approximate surface area is 86.8 Å². The van der Waals surface area contributed by atoms with Crippen molar-refractivity contribution in [3.63, 3.8) is 0 Å². The lowest BCUT2D eigenvalue weighted by molar-refractivity contribution is -0.0708. The Morgan fingerprint density at radius 2 is 2.00 bits per heavy atom. The molecule has 2 aliphatic rings. The van der Waals surface area contributed by atoms with Crippen molar-refractivity contribution in [3.8, 4) is 0 Å². The molecule has 0 amide bonds. The molecule has 2 saturated heterocycles. The van der Waals surface area contributed by atoms with Crippen LogP contribution in [0.1, 0.15) is 20.3 Å². The molecule has 2 rings (SSSR count). The largest absolute Gasteiger partial charge is 0.373 e. The van der Waals surface area contributed by atoms with Crippen molar-refractivity contribution >= 4 is 0 Å². The lowest BCUT2D eigenvalue weighted by Gasteiger charge is -2.36. The van der Waals surface area contributed by atoms with Crippen LogP contribution in [-0.4, -0.2) is 49.8 Å². The van der Waals surface area contributed by atoms with Crippen molar-refractivity contribution < 1.29 is 4.74 Å². The normalized spacial score (nSPS) is 40.3. The van der Waals surface area contributed by atoms with Gasteiger partial charge in [0.05, 0.1) is 12.2 Å². The summed E-state index contributed by atoms with van der Waals surface area (Å²) in [6.45, 7) is 10.2. The van der Waals surface area contributed by atoms with Gasteiger partial charge in [0.2, 0.25) is 0 Å². The van der Waals surface area contributed by atoms with E-state index >= 15 is 0 Å². The molecular formula is C11H22N2O. The molecule has 82 valence electrons. The SMILES string of the molecule is C[C@@H]1CN(CC2CCNC2)C[C@H](C)O1. The van der Waals surface area contributed by atoms with Crippen LogP contribution in [0.2, 0.25) is 0 Å². The summed E-state index contributed by atoms with van der Waals surface area (Å²) in [7, 11) is 0. The van der Waals surface area contributed by atoms with Crippen LogP contribution >= 0.6 is 0 Å². The second kappa shape index (κ2) is 4.60. The molecule has 0 bridgehead atoms. The van der Waals surface area contributed by atoms with E-state index in [1.807, 2.05) is 0 Å². The van der Waals surface area contributed by atoms with E-state index in [-0.39, 0.29) is 0 Å². The van der Waals surface area contributed by atoms with Gasteiger partial charge >= 0.3 is 0 Å². The van der Waals surface area contributed by atoms with Crippen molar-refractivity contribution in [1.29, 1.82) is 0 Å². The maximum atomic E-state index is 5.72. The van der Waals surface area contributed by atoms with Crippen molar-refractivity contribution in [3.05, 3.63) is 0 Å². The van der Waals surface area contributed by atoms with Gasteiger partial charge in [-0.25, -0.2) is 0 Å². The van der Waals surface area contributed by atoms with Gasteiger partial charge < -0.3 is 10.1 Å². The van der Waals surface area contributed by atoms with Crippen LogP contribution in [0.15, 0.2) is 0 Å². The predicted molar refractivity (Wildman–Crippen MR) is 57.4 cm³/mol. The lowest BCUT2D eigenvalue weighted by Crippen LogP contribution is -2.47. The van der Waals surface area contributed by atoms with Crippen LogP contribution in [0.4, 0.5) is 0 Å². The van der Waals surface area contributed by atoms with E-state index in [0.29, 0.717) is 12.2 Å². The Hall–Kier alpha value is -0.120. The van der Waals surface area contributed by atoms with Crippen LogP contribution in [0, 0.1) is 5.92 Å². The van der Waals surface area contributed by atoms with E-state index in [0.717, 1.165) is 19.0 Å². The molecular weight excluding hydrogens is 176 g/mol. The zero-order chi connectivity index (χ0) is 9.97. The smallest absolute Gasteiger partial charge is 0.0678 e. The van der Waals surface area contributed by atoms with Crippen LogP contribution in [0.25, 0.3) is 0 Å². The number of morpholine rings is 1. The van der Waals surface area contributed by atoms with Gasteiger partial charge in [-0.2, -0.15) is 0 Å². The highest BCUT2D eigenvalue weighted by Gasteiger charge is 2.25. The highest BCUT2D eigenvalue weighted by Crippen LogP contribution is 2.15. The highest BCUT2D eigenvalue weighted by molar-refractivity contribution is 4.79. The van der Waals surface area contributed by atoms with Crippen LogP contribution in [0.5, 0.6) is 0 Å². The topological polar surface area (TPSA) is 24.5 Å². The minimum Gasteiger partial charge on any atom is -0.373 e.